The number of nitrogens with zero attached hydrogens (tertiary/aromatic N) is 1. The Balaban J connectivity index is 1.43. The number of nitrogens with one attached hydrogen (secondary N) is 9. The third kappa shape index (κ3) is 21.1. The van der Waals surface area contributed by atoms with E-state index in [1.807, 2.05) is 0 Å². The van der Waals surface area contributed by atoms with Gasteiger partial charge in [-0.15, -0.1) is 11.8 Å². The predicted molar refractivity (Wildman–Crippen MR) is 328 cm³/mol. The number of amides is 9. The third-order valence-corrected chi connectivity index (χ3v) is 18.3. The number of H-pyrrole nitrogens is 1. The number of benzene rings is 1. The molecule has 1 aromatic carbocycles. The number of carbonyl (C=O) groups is 15. The Morgan fingerprint density at radius 1 is 0.744 bits per heavy atom. The van der Waals surface area contributed by atoms with E-state index in [0.717, 1.165) is 16.7 Å². The molecular weight excluding hydrogens is 1260 g/mol. The fourth-order valence-electron chi connectivity index (χ4n) is 10.4. The first-order valence-corrected chi connectivity index (χ1v) is 31.7. The Morgan fingerprint density at radius 2 is 1.38 bits per heavy atom. The number of hydrogen-bond acceptors (Lipinski definition) is 17. The fraction of sp³-hybridized carbons (Fsp3) is 0.583. The summed E-state index contributed by atoms with van der Waals surface area (Å²) in [5, 5.41) is 51.3. The zero-order valence-electron chi connectivity index (χ0n) is 51.1. The number of aromatic amines is 1. The van der Waals surface area contributed by atoms with E-state index in [0.29, 0.717) is 47.7 Å². The van der Waals surface area contributed by atoms with Gasteiger partial charge in [-0.2, -0.15) is 0 Å². The molecule has 0 spiro atoms. The van der Waals surface area contributed by atoms with Crippen LogP contribution in [0, 0.1) is 23.7 Å². The number of aliphatic hydroxyl groups is 1. The number of aromatic nitrogens is 1. The molecule has 492 valence electrons. The molecule has 0 aliphatic carbocycles. The van der Waals surface area contributed by atoms with Crippen molar-refractivity contribution in [2.24, 2.45) is 23.7 Å². The third-order valence-electron chi connectivity index (χ3n) is 16.2. The number of aliphatic carboxylic acids is 2. The lowest BCUT2D eigenvalue weighted by molar-refractivity contribution is -0.148. The molecule has 2 aromatic rings. The van der Waals surface area contributed by atoms with E-state index in [4.69, 9.17) is 5.11 Å². The molecule has 90 heavy (non-hydrogen) atoms. The number of rotatable bonds is 23. The summed E-state index contributed by atoms with van der Waals surface area (Å²) in [5.74, 6) is -15.7. The Bertz CT molecular complexity index is 3150. The summed E-state index contributed by atoms with van der Waals surface area (Å²) in [6, 6.07) is -2.24. The molecular formula is C60H81BrN10O18S. The molecule has 0 saturated carbocycles. The molecule has 1 saturated heterocycles. The second-order valence-corrected chi connectivity index (χ2v) is 25.0. The van der Waals surface area contributed by atoms with Crippen molar-refractivity contribution in [2.45, 2.75) is 166 Å². The van der Waals surface area contributed by atoms with Crippen LogP contribution in [-0.2, 0) is 84.8 Å². The molecule has 4 heterocycles. The normalized spacial score (nSPS) is 23.0. The number of carboxylic acids is 2. The topological polar surface area (TPSA) is 432 Å². The molecule has 10 atom stereocenters. The Kier molecular flexibility index (Phi) is 27.8. The maximum atomic E-state index is 14.7. The van der Waals surface area contributed by atoms with Gasteiger partial charge in [0.2, 0.25) is 47.3 Å². The highest BCUT2D eigenvalue weighted by Crippen LogP contribution is 2.34. The number of halogens is 1. The first kappa shape index (κ1) is 72.9. The molecule has 1 aromatic heterocycles. The van der Waals surface area contributed by atoms with Gasteiger partial charge in [-0.1, -0.05) is 53.5 Å². The zero-order chi connectivity index (χ0) is 66.7. The predicted octanol–water partition coefficient (Wildman–Crippen LogP) is 0.318. The van der Waals surface area contributed by atoms with Crippen LogP contribution < -0.4 is 42.5 Å². The lowest BCUT2D eigenvalue weighted by Gasteiger charge is -2.31. The van der Waals surface area contributed by atoms with E-state index in [1.165, 1.54) is 13.8 Å². The van der Waals surface area contributed by atoms with Gasteiger partial charge in [0, 0.05) is 87.0 Å². The van der Waals surface area contributed by atoms with Gasteiger partial charge in [-0.25, -0.2) is 4.79 Å². The van der Waals surface area contributed by atoms with Gasteiger partial charge in [-0.05, 0) is 70.8 Å². The number of fused-ring (bicyclic) bond motifs is 5. The Labute approximate surface area is 532 Å². The number of hydrogen-bond donors (Lipinski definition) is 12. The van der Waals surface area contributed by atoms with Crippen molar-refractivity contribution in [3.63, 3.8) is 0 Å². The maximum Gasteiger partial charge on any atom is 0.332 e. The molecule has 3 aliphatic rings. The van der Waals surface area contributed by atoms with Crippen molar-refractivity contribution in [2.75, 3.05) is 38.5 Å². The monoisotopic (exact) mass is 1340 g/mol. The van der Waals surface area contributed by atoms with Crippen LogP contribution in [0.4, 0.5) is 0 Å². The molecule has 28 nitrogen and oxygen atoms in total. The highest BCUT2D eigenvalue weighted by atomic mass is 79.9. The summed E-state index contributed by atoms with van der Waals surface area (Å²) in [4.78, 5) is 205. The molecule has 5 rings (SSSR count). The van der Waals surface area contributed by atoms with Crippen LogP contribution in [0.2, 0.25) is 0 Å². The van der Waals surface area contributed by atoms with Gasteiger partial charge in [0.15, 0.2) is 11.6 Å². The van der Waals surface area contributed by atoms with Crippen LogP contribution in [0.1, 0.15) is 123 Å². The minimum Gasteiger partial charge on any atom is -0.481 e. The van der Waals surface area contributed by atoms with E-state index in [2.05, 4.69) is 63.4 Å². The van der Waals surface area contributed by atoms with Crippen molar-refractivity contribution in [3.05, 3.63) is 39.4 Å². The Hall–Kier alpha value is -7.86. The first-order valence-electron chi connectivity index (χ1n) is 30.0. The van der Waals surface area contributed by atoms with Crippen LogP contribution in [-0.4, -0.2) is 188 Å². The van der Waals surface area contributed by atoms with E-state index < -0.39 is 176 Å². The SMILES string of the molecule is CCC(C)[C@@H]1NC(=O)[C@@H]2C[C@@H](O)CN2C(=O)[C@H](CC(=O)O)CC(=O)[C@@H]2CSc3[nH]c4ccc(CC(=O)CNC(=O)C(C)CC(=O)CCCCC(=O)CCNC(=O)/C(Br)=C(/C)C(=O)O)cc4c3C[C@@H](NC1=O)C(=O)NCC(=O)N[C@@H]([C@@H](C)CC)C(=O)NCC(=O)N2. The van der Waals surface area contributed by atoms with E-state index in [1.54, 1.807) is 45.9 Å². The molecule has 30 heteroatoms. The van der Waals surface area contributed by atoms with Gasteiger partial charge in [0.05, 0.1) is 59.2 Å². The van der Waals surface area contributed by atoms with Crippen LogP contribution in [0.5, 0.6) is 0 Å². The number of thioether (sulfide) groups is 1. The first-order chi connectivity index (χ1) is 42.5. The lowest BCUT2D eigenvalue weighted by Crippen LogP contribution is -2.59. The lowest BCUT2D eigenvalue weighted by atomic mass is 9.93. The second-order valence-electron chi connectivity index (χ2n) is 23.2. The Morgan fingerprint density at radius 3 is 2.02 bits per heavy atom. The van der Waals surface area contributed by atoms with Gasteiger partial charge in [0.25, 0.3) is 5.91 Å². The fourth-order valence-corrected chi connectivity index (χ4v) is 11.9. The summed E-state index contributed by atoms with van der Waals surface area (Å²) in [6.07, 6.45) is -2.40. The number of unbranched alkanes of at least 4 members (excludes halogenated alkanes) is 1. The average molecular weight is 1340 g/mol. The molecule has 2 bridgehead atoms. The molecule has 1 fully saturated rings. The second kappa shape index (κ2) is 34.4. The quantitative estimate of drug-likeness (QED) is 0.0526. The van der Waals surface area contributed by atoms with Gasteiger partial charge in [-0.3, -0.25) is 67.1 Å². The van der Waals surface area contributed by atoms with E-state index >= 15 is 0 Å². The van der Waals surface area contributed by atoms with Gasteiger partial charge in [0.1, 0.15) is 35.7 Å². The highest BCUT2D eigenvalue weighted by molar-refractivity contribution is 9.12. The van der Waals surface area contributed by atoms with Crippen molar-refractivity contribution in [1.82, 2.24) is 52.4 Å². The molecule has 12 N–H and O–H groups in total. The largest absolute Gasteiger partial charge is 0.481 e. The van der Waals surface area contributed by atoms with Crippen LogP contribution in [0.15, 0.2) is 33.3 Å². The standard InChI is InChI=1S/C60H81BrN10O18S/c1-7-29(3)50-56(85)65-25-46(77)66-43-28-90-58-40(23-42(53(82)64-26-47(78)69-50)67-57(86)51(30(4)8-2)70-54(83)44-22-38(75)27-71(44)59(87)34(20-45(43)76)21-48(79)80)39-19-33(13-14-41(39)68-58)18-37(74)24-63-52(81)31(5)17-36(73)12-10-9-11-35(72)15-16-62-55(84)49(61)32(6)60(88)89/h13-14,19,29-31,34,38,42-44,50-51,68,75H,7-12,15-18,20-28H2,1-6H3,(H,62,84)(H,63,81)(H,64,82)(H,65,85)(H,66,77)(H,67,86)(H,69,78)(H,70,83)(H,79,80)(H,88,89)/b49-32+/t29-,30?,31?,34-,38+,42+,43-,44-,50-,51-/m0/s1. The minimum atomic E-state index is -1.62. The molecule has 9 amide bonds. The molecule has 3 aliphatic heterocycles. The minimum absolute atomic E-state index is 0.00317. The van der Waals surface area contributed by atoms with Crippen molar-refractivity contribution < 1.29 is 87.2 Å². The average Bonchev–Trinajstić information content (AvgIpc) is 2.60. The van der Waals surface area contributed by atoms with Crippen LogP contribution in [0.25, 0.3) is 10.9 Å². The number of carboxylic acid groups (broad SMARTS) is 2. The number of carbonyl (C=O) groups excluding carboxylic acids is 13. The van der Waals surface area contributed by atoms with Crippen LogP contribution >= 0.6 is 27.7 Å². The number of aliphatic hydroxyl groups excluding tert-OH is 1. The summed E-state index contributed by atoms with van der Waals surface area (Å²) >= 11 is 3.90. The summed E-state index contributed by atoms with van der Waals surface area (Å²) in [5.41, 5.74) is 0.976. The number of ketones is 4. The van der Waals surface area contributed by atoms with Gasteiger partial charge < -0.3 is 67.7 Å². The smallest absolute Gasteiger partial charge is 0.332 e. The van der Waals surface area contributed by atoms with E-state index in [9.17, 15) is 82.1 Å². The maximum absolute atomic E-state index is 14.7. The molecule has 0 radical (unpaired) electrons. The van der Waals surface area contributed by atoms with Crippen LogP contribution in [0.3, 0.4) is 0 Å². The summed E-state index contributed by atoms with van der Waals surface area (Å²) in [7, 11) is 0. The summed E-state index contributed by atoms with van der Waals surface area (Å²) in [6.45, 7) is 7.33. The van der Waals surface area contributed by atoms with Crippen molar-refractivity contribution >= 4 is 127 Å². The number of Topliss-reactive ketones (excluding diaryl/α,β-unsaturated/α-hetero) is 4. The van der Waals surface area contributed by atoms with Crippen molar-refractivity contribution in [3.8, 4) is 0 Å². The highest BCUT2D eigenvalue weighted by Gasteiger charge is 2.44. The van der Waals surface area contributed by atoms with Gasteiger partial charge >= 0.3 is 11.9 Å². The van der Waals surface area contributed by atoms with E-state index in [-0.39, 0.29) is 83.9 Å². The molecule has 2 unspecified atom stereocenters. The van der Waals surface area contributed by atoms with Crippen molar-refractivity contribution in [1.29, 1.82) is 0 Å². The summed E-state index contributed by atoms with van der Waals surface area (Å²) < 4.78 is -0.163. The zero-order valence-corrected chi connectivity index (χ0v) is 53.5.